The van der Waals surface area contributed by atoms with E-state index in [0.29, 0.717) is 0 Å². The Labute approximate surface area is 220 Å². The number of nitrogens with one attached hydrogen (secondary N) is 1. The minimum absolute atomic E-state index is 0.0000725. The molecule has 1 fully saturated rings. The highest BCUT2D eigenvalue weighted by atomic mass is 32.2. The lowest BCUT2D eigenvalue weighted by Crippen LogP contribution is -2.43. The molecule has 4 rings (SSSR count). The van der Waals surface area contributed by atoms with Crippen LogP contribution in [0, 0.1) is 11.2 Å². The van der Waals surface area contributed by atoms with Crippen molar-refractivity contribution >= 4 is 33.5 Å². The number of nitrogens with zero attached hydrogens (tertiary/aromatic N) is 1. The number of carbonyl (C=O) groups is 2. The zero-order valence-electron chi connectivity index (χ0n) is 20.5. The number of hydrogen-bond donors (Lipinski definition) is 2. The van der Waals surface area contributed by atoms with Gasteiger partial charge in [0, 0.05) is 18.2 Å². The average molecular weight is 577 g/mol. The number of amides is 1. The van der Waals surface area contributed by atoms with Gasteiger partial charge in [0.2, 0.25) is 0 Å². The van der Waals surface area contributed by atoms with Crippen molar-refractivity contribution in [2.45, 2.75) is 42.9 Å². The predicted molar refractivity (Wildman–Crippen MR) is 128 cm³/mol. The Balaban J connectivity index is 1.61. The van der Waals surface area contributed by atoms with Gasteiger partial charge in [-0.15, -0.1) is 0 Å². The maximum atomic E-state index is 13.9. The number of methoxy groups -OCH3 is 1. The second-order valence-corrected chi connectivity index (χ2v) is 11.0. The highest BCUT2D eigenvalue weighted by molar-refractivity contribution is 7.92. The maximum absolute atomic E-state index is 13.9. The molecule has 0 saturated heterocycles. The Morgan fingerprint density at radius 1 is 1.21 bits per heavy atom. The van der Waals surface area contributed by atoms with Crippen molar-refractivity contribution in [3.63, 3.8) is 0 Å². The Bertz CT molecular complexity index is 1380. The third-order valence-electron chi connectivity index (χ3n) is 6.46. The molecule has 212 valence electrons. The molecule has 0 bridgehead atoms. The molecule has 15 heteroatoms. The Morgan fingerprint density at radius 2 is 1.92 bits per heavy atom. The molecule has 2 aliphatic rings. The van der Waals surface area contributed by atoms with Crippen LogP contribution in [0.5, 0.6) is 11.5 Å². The fourth-order valence-electron chi connectivity index (χ4n) is 4.00. The Kier molecular flexibility index (Phi) is 7.56. The van der Waals surface area contributed by atoms with Crippen molar-refractivity contribution in [3.05, 3.63) is 42.2 Å². The lowest BCUT2D eigenvalue weighted by Gasteiger charge is -2.35. The molecule has 0 spiro atoms. The number of fused-ring (bicyclic) bond motifs is 1. The summed E-state index contributed by atoms with van der Waals surface area (Å²) in [5.41, 5.74) is -2.10. The first-order chi connectivity index (χ1) is 18.3. The molecule has 1 heterocycles. The Hall–Kier alpha value is -3.75. The van der Waals surface area contributed by atoms with Crippen molar-refractivity contribution < 1.29 is 54.9 Å². The quantitative estimate of drug-likeness (QED) is 0.416. The molecule has 1 unspecified atom stereocenters. The lowest BCUT2D eigenvalue weighted by molar-refractivity contribution is -0.196. The molecule has 10 nitrogen and oxygen atoms in total. The highest BCUT2D eigenvalue weighted by Gasteiger charge is 2.64. The first kappa shape index (κ1) is 28.3. The zero-order chi connectivity index (χ0) is 28.6. The molecule has 1 saturated carbocycles. The number of ether oxygens (including phenoxy) is 3. The molecule has 39 heavy (non-hydrogen) atoms. The van der Waals surface area contributed by atoms with Gasteiger partial charge >= 0.3 is 18.2 Å². The minimum Gasteiger partial charge on any atom is -0.494 e. The van der Waals surface area contributed by atoms with E-state index in [1.807, 2.05) is 0 Å². The van der Waals surface area contributed by atoms with Crippen molar-refractivity contribution in [2.75, 3.05) is 29.9 Å². The van der Waals surface area contributed by atoms with E-state index in [1.165, 1.54) is 18.2 Å². The van der Waals surface area contributed by atoms with Gasteiger partial charge in [0.25, 0.3) is 10.0 Å². The largest absolute Gasteiger partial charge is 0.494 e. The number of benzene rings is 2. The van der Waals surface area contributed by atoms with Gasteiger partial charge in [0.1, 0.15) is 23.9 Å². The summed E-state index contributed by atoms with van der Waals surface area (Å²) in [7, 11) is -3.22. The number of aliphatic carboxylic acids is 1. The SMILES string of the molecule is COc1cc(S(=O)(=O)N2CC(CCC(=O)O)Oc3ccc(NC(=O)OCC4(C(F)(F)F)CC4)cc32)ccc1F. The smallest absolute Gasteiger partial charge is 0.411 e. The van der Waals surface area contributed by atoms with E-state index in [-0.39, 0.29) is 60.0 Å². The summed E-state index contributed by atoms with van der Waals surface area (Å²) in [5.74, 6) is -2.18. The van der Waals surface area contributed by atoms with Gasteiger partial charge < -0.3 is 19.3 Å². The summed E-state index contributed by atoms with van der Waals surface area (Å²) < 4.78 is 96.9. The number of rotatable bonds is 9. The molecule has 1 amide bonds. The van der Waals surface area contributed by atoms with Crippen LogP contribution in [-0.2, 0) is 19.6 Å². The maximum Gasteiger partial charge on any atom is 0.411 e. The topological polar surface area (TPSA) is 131 Å². The van der Waals surface area contributed by atoms with E-state index >= 15 is 0 Å². The third-order valence-corrected chi connectivity index (χ3v) is 8.24. The molecular formula is C24H24F4N2O8S. The van der Waals surface area contributed by atoms with Crippen LogP contribution in [-0.4, -0.2) is 58.1 Å². The molecule has 1 aliphatic heterocycles. The van der Waals surface area contributed by atoms with Gasteiger partial charge in [-0.05, 0) is 49.6 Å². The van der Waals surface area contributed by atoms with Crippen molar-refractivity contribution in [2.24, 2.45) is 5.41 Å². The van der Waals surface area contributed by atoms with Gasteiger partial charge in [-0.2, -0.15) is 13.2 Å². The highest BCUT2D eigenvalue weighted by Crippen LogP contribution is 2.57. The van der Waals surface area contributed by atoms with Crippen LogP contribution >= 0.6 is 0 Å². The second-order valence-electron chi connectivity index (χ2n) is 9.17. The molecule has 1 atom stereocenters. The number of alkyl halides is 3. The number of halogens is 4. The zero-order valence-corrected chi connectivity index (χ0v) is 21.3. The van der Waals surface area contributed by atoms with Gasteiger partial charge in [-0.1, -0.05) is 0 Å². The van der Waals surface area contributed by atoms with E-state index < -0.39 is 52.2 Å². The molecule has 2 aromatic carbocycles. The number of anilines is 2. The van der Waals surface area contributed by atoms with Crippen LogP contribution in [0.25, 0.3) is 0 Å². The number of hydrogen-bond acceptors (Lipinski definition) is 7. The van der Waals surface area contributed by atoms with E-state index in [2.05, 4.69) is 5.32 Å². The van der Waals surface area contributed by atoms with Crippen LogP contribution < -0.4 is 19.1 Å². The summed E-state index contributed by atoms with van der Waals surface area (Å²) in [6.07, 6.45) is -7.16. The molecule has 2 N–H and O–H groups in total. The minimum atomic E-state index is -4.51. The van der Waals surface area contributed by atoms with Crippen molar-refractivity contribution in [3.8, 4) is 11.5 Å². The van der Waals surface area contributed by atoms with Gasteiger partial charge in [-0.25, -0.2) is 17.6 Å². The molecule has 2 aromatic rings. The fourth-order valence-corrected chi connectivity index (χ4v) is 5.51. The Morgan fingerprint density at radius 3 is 2.54 bits per heavy atom. The normalized spacial score (nSPS) is 18.0. The summed E-state index contributed by atoms with van der Waals surface area (Å²) in [4.78, 5) is 22.9. The van der Waals surface area contributed by atoms with Crippen molar-refractivity contribution in [1.82, 2.24) is 0 Å². The monoisotopic (exact) mass is 576 g/mol. The van der Waals surface area contributed by atoms with Gasteiger partial charge in [0.05, 0.1) is 24.2 Å². The van der Waals surface area contributed by atoms with Gasteiger partial charge in [0.15, 0.2) is 11.6 Å². The molecular weight excluding hydrogens is 552 g/mol. The number of carboxylic acid groups (broad SMARTS) is 1. The molecule has 0 radical (unpaired) electrons. The van der Waals surface area contributed by atoms with Gasteiger partial charge in [-0.3, -0.25) is 14.4 Å². The summed E-state index contributed by atoms with van der Waals surface area (Å²) >= 11 is 0. The molecule has 0 aromatic heterocycles. The standard InChI is InChI=1S/C24H24F4N2O8S/c1-36-20-11-16(4-5-17(20)25)39(34,35)30-12-15(3-7-21(31)32)38-19-6-2-14(10-18(19)30)29-22(33)37-13-23(8-9-23)24(26,27)28/h2,4-6,10-11,15H,3,7-9,12-13H2,1H3,(H,29,33)(H,31,32). The summed E-state index contributed by atoms with van der Waals surface area (Å²) in [5, 5.41) is 11.3. The van der Waals surface area contributed by atoms with E-state index in [1.54, 1.807) is 0 Å². The van der Waals surface area contributed by atoms with Crippen LogP contribution in [0.1, 0.15) is 25.7 Å². The van der Waals surface area contributed by atoms with E-state index in [0.717, 1.165) is 29.6 Å². The third kappa shape index (κ3) is 5.97. The first-order valence-electron chi connectivity index (χ1n) is 11.6. The average Bonchev–Trinajstić information content (AvgIpc) is 3.67. The van der Waals surface area contributed by atoms with E-state index in [4.69, 9.17) is 19.3 Å². The van der Waals surface area contributed by atoms with Crippen LogP contribution in [0.4, 0.5) is 33.7 Å². The lowest BCUT2D eigenvalue weighted by atomic mass is 10.1. The number of carbonyl (C=O) groups excluding carboxylic acids is 1. The predicted octanol–water partition coefficient (Wildman–Crippen LogP) is 4.55. The van der Waals surface area contributed by atoms with E-state index in [9.17, 15) is 35.6 Å². The van der Waals surface area contributed by atoms with Crippen LogP contribution in [0.3, 0.4) is 0 Å². The first-order valence-corrected chi connectivity index (χ1v) is 13.1. The van der Waals surface area contributed by atoms with Crippen LogP contribution in [0.15, 0.2) is 41.3 Å². The van der Waals surface area contributed by atoms with Crippen LogP contribution in [0.2, 0.25) is 0 Å². The second kappa shape index (κ2) is 10.4. The summed E-state index contributed by atoms with van der Waals surface area (Å²) in [6, 6.07) is 6.80. The summed E-state index contributed by atoms with van der Waals surface area (Å²) in [6.45, 7) is -1.17. The number of carboxylic acids is 1. The van der Waals surface area contributed by atoms with Crippen molar-refractivity contribution in [1.29, 1.82) is 0 Å². The molecule has 1 aliphatic carbocycles. The number of sulfonamides is 1. The fraction of sp³-hybridized carbons (Fsp3) is 0.417.